The lowest BCUT2D eigenvalue weighted by Crippen LogP contribution is -2.25. The van der Waals surface area contributed by atoms with Crippen molar-refractivity contribution in [3.8, 4) is 0 Å². The van der Waals surface area contributed by atoms with Crippen molar-refractivity contribution in [1.29, 1.82) is 0 Å². The van der Waals surface area contributed by atoms with Gasteiger partial charge < -0.3 is 4.74 Å². The monoisotopic (exact) mass is 280 g/mol. The molecule has 0 bridgehead atoms. The molecular formula is C16H24O2S. The van der Waals surface area contributed by atoms with Gasteiger partial charge in [-0.3, -0.25) is 0 Å². The van der Waals surface area contributed by atoms with Gasteiger partial charge >= 0.3 is 5.97 Å². The highest BCUT2D eigenvalue weighted by molar-refractivity contribution is 7.12. The first kappa shape index (κ1) is 14.6. The summed E-state index contributed by atoms with van der Waals surface area (Å²) in [7, 11) is 0. The fourth-order valence-electron chi connectivity index (χ4n) is 2.55. The van der Waals surface area contributed by atoms with Gasteiger partial charge in [0.15, 0.2) is 0 Å². The SMILES string of the molecule is CC(C)c1sc2c(c1C(=O)OC(C)(C)C)CCCC2. The molecule has 1 aromatic heterocycles. The number of hydrogen-bond acceptors (Lipinski definition) is 3. The molecule has 0 unspecified atom stereocenters. The second-order valence-electron chi connectivity index (χ2n) is 6.61. The quantitative estimate of drug-likeness (QED) is 0.734. The van der Waals surface area contributed by atoms with E-state index in [0.717, 1.165) is 18.4 Å². The summed E-state index contributed by atoms with van der Waals surface area (Å²) in [5, 5.41) is 0. The molecule has 0 saturated carbocycles. The topological polar surface area (TPSA) is 26.3 Å². The molecule has 0 aliphatic heterocycles. The average molecular weight is 280 g/mol. The summed E-state index contributed by atoms with van der Waals surface area (Å²) in [5.74, 6) is 0.258. The fraction of sp³-hybridized carbons (Fsp3) is 0.688. The summed E-state index contributed by atoms with van der Waals surface area (Å²) >= 11 is 1.82. The van der Waals surface area contributed by atoms with E-state index in [4.69, 9.17) is 4.74 Å². The number of fused-ring (bicyclic) bond motifs is 1. The van der Waals surface area contributed by atoms with Crippen LogP contribution >= 0.6 is 11.3 Å². The molecule has 1 heterocycles. The maximum Gasteiger partial charge on any atom is 0.340 e. The van der Waals surface area contributed by atoms with Crippen molar-refractivity contribution in [2.45, 2.75) is 71.8 Å². The maximum absolute atomic E-state index is 12.5. The molecule has 0 atom stereocenters. The molecular weight excluding hydrogens is 256 g/mol. The van der Waals surface area contributed by atoms with E-state index in [0.29, 0.717) is 5.92 Å². The summed E-state index contributed by atoms with van der Waals surface area (Å²) in [6.45, 7) is 10.1. The van der Waals surface area contributed by atoms with E-state index in [1.165, 1.54) is 28.2 Å². The van der Waals surface area contributed by atoms with Crippen LogP contribution in [0.3, 0.4) is 0 Å². The molecule has 0 spiro atoms. The van der Waals surface area contributed by atoms with Crippen LogP contribution in [-0.2, 0) is 17.6 Å². The van der Waals surface area contributed by atoms with Crippen LogP contribution in [0.15, 0.2) is 0 Å². The maximum atomic E-state index is 12.5. The van der Waals surface area contributed by atoms with Crippen molar-refractivity contribution in [3.63, 3.8) is 0 Å². The minimum absolute atomic E-state index is 0.129. The van der Waals surface area contributed by atoms with Crippen molar-refractivity contribution in [2.24, 2.45) is 0 Å². The minimum Gasteiger partial charge on any atom is -0.456 e. The standard InChI is InChI=1S/C16H24O2S/c1-10(2)14-13(15(17)18-16(3,4)5)11-8-6-7-9-12(11)19-14/h10H,6-9H2,1-5H3. The molecule has 0 radical (unpaired) electrons. The van der Waals surface area contributed by atoms with Crippen molar-refractivity contribution in [2.75, 3.05) is 0 Å². The van der Waals surface area contributed by atoms with Crippen LogP contribution in [0.5, 0.6) is 0 Å². The molecule has 3 heteroatoms. The van der Waals surface area contributed by atoms with Crippen LogP contribution in [0.4, 0.5) is 0 Å². The van der Waals surface area contributed by atoms with Gasteiger partial charge in [-0.15, -0.1) is 11.3 Å². The Bertz CT molecular complexity index is 478. The number of hydrogen-bond donors (Lipinski definition) is 0. The fourth-order valence-corrected chi connectivity index (χ4v) is 3.93. The van der Waals surface area contributed by atoms with Crippen LogP contribution in [-0.4, -0.2) is 11.6 Å². The Hall–Kier alpha value is -0.830. The number of esters is 1. The summed E-state index contributed by atoms with van der Waals surface area (Å²) < 4.78 is 5.61. The van der Waals surface area contributed by atoms with E-state index in [2.05, 4.69) is 13.8 Å². The second-order valence-corrected chi connectivity index (χ2v) is 7.74. The Kier molecular flexibility index (Phi) is 4.05. The Labute approximate surface area is 120 Å². The van der Waals surface area contributed by atoms with Gasteiger partial charge in [-0.25, -0.2) is 4.79 Å². The van der Waals surface area contributed by atoms with E-state index < -0.39 is 5.60 Å². The first-order chi connectivity index (χ1) is 8.79. The number of ether oxygens (including phenoxy) is 1. The van der Waals surface area contributed by atoms with Crippen LogP contribution in [0.2, 0.25) is 0 Å². The molecule has 106 valence electrons. The summed E-state index contributed by atoms with van der Waals surface area (Å²) in [5.41, 5.74) is 1.73. The number of thiophene rings is 1. The average Bonchev–Trinajstić information content (AvgIpc) is 2.65. The molecule has 2 nitrogen and oxygen atoms in total. The lowest BCUT2D eigenvalue weighted by atomic mass is 9.93. The predicted molar refractivity (Wildman–Crippen MR) is 80.2 cm³/mol. The second kappa shape index (κ2) is 5.28. The highest BCUT2D eigenvalue weighted by Crippen LogP contribution is 2.39. The van der Waals surface area contributed by atoms with Crippen LogP contribution < -0.4 is 0 Å². The number of carbonyl (C=O) groups is 1. The predicted octanol–water partition coefficient (Wildman–Crippen LogP) is 4.71. The van der Waals surface area contributed by atoms with Crippen molar-refractivity contribution in [1.82, 2.24) is 0 Å². The molecule has 0 aromatic carbocycles. The summed E-state index contributed by atoms with van der Waals surface area (Å²) in [6, 6.07) is 0. The van der Waals surface area contributed by atoms with Crippen LogP contribution in [0.25, 0.3) is 0 Å². The minimum atomic E-state index is -0.422. The van der Waals surface area contributed by atoms with E-state index >= 15 is 0 Å². The van der Waals surface area contributed by atoms with Crippen LogP contribution in [0, 0.1) is 0 Å². The Morgan fingerprint density at radius 2 is 1.84 bits per heavy atom. The van der Waals surface area contributed by atoms with Crippen molar-refractivity contribution in [3.05, 3.63) is 20.9 Å². The van der Waals surface area contributed by atoms with Gasteiger partial charge in [-0.1, -0.05) is 13.8 Å². The number of carbonyl (C=O) groups excluding carboxylic acids is 1. The molecule has 19 heavy (non-hydrogen) atoms. The lowest BCUT2D eigenvalue weighted by Gasteiger charge is -2.21. The third-order valence-electron chi connectivity index (χ3n) is 3.33. The third-order valence-corrected chi connectivity index (χ3v) is 4.92. The van der Waals surface area contributed by atoms with Crippen molar-refractivity contribution >= 4 is 17.3 Å². The van der Waals surface area contributed by atoms with Gasteiger partial charge in [0, 0.05) is 9.75 Å². The number of rotatable bonds is 2. The zero-order chi connectivity index (χ0) is 14.2. The van der Waals surface area contributed by atoms with E-state index in [1.807, 2.05) is 32.1 Å². The molecule has 1 aromatic rings. The normalized spacial score (nSPS) is 15.5. The van der Waals surface area contributed by atoms with Gasteiger partial charge in [-0.05, 0) is 57.9 Å². The highest BCUT2D eigenvalue weighted by Gasteiger charge is 2.29. The summed E-state index contributed by atoms with van der Waals surface area (Å²) in [6.07, 6.45) is 4.60. The van der Waals surface area contributed by atoms with E-state index in [9.17, 15) is 4.79 Å². The molecule has 2 rings (SSSR count). The summed E-state index contributed by atoms with van der Waals surface area (Å²) in [4.78, 5) is 15.1. The van der Waals surface area contributed by atoms with Crippen LogP contribution in [0.1, 0.15) is 79.1 Å². The molecule has 0 amide bonds. The zero-order valence-corrected chi connectivity index (χ0v) is 13.4. The first-order valence-corrected chi connectivity index (χ1v) is 7.99. The third kappa shape index (κ3) is 3.19. The largest absolute Gasteiger partial charge is 0.456 e. The molecule has 0 saturated heterocycles. The van der Waals surface area contributed by atoms with E-state index in [1.54, 1.807) is 0 Å². The first-order valence-electron chi connectivity index (χ1n) is 7.17. The zero-order valence-electron chi connectivity index (χ0n) is 12.6. The highest BCUT2D eigenvalue weighted by atomic mass is 32.1. The molecule has 1 aliphatic rings. The molecule has 0 N–H and O–H groups in total. The smallest absolute Gasteiger partial charge is 0.340 e. The van der Waals surface area contributed by atoms with E-state index in [-0.39, 0.29) is 5.97 Å². The Morgan fingerprint density at radius 3 is 2.42 bits per heavy atom. The molecule has 0 fully saturated rings. The van der Waals surface area contributed by atoms with Gasteiger partial charge in [0.2, 0.25) is 0 Å². The van der Waals surface area contributed by atoms with Gasteiger partial charge in [0.1, 0.15) is 5.60 Å². The Balaban J connectivity index is 2.42. The van der Waals surface area contributed by atoms with Crippen molar-refractivity contribution < 1.29 is 9.53 Å². The van der Waals surface area contributed by atoms with Gasteiger partial charge in [0.25, 0.3) is 0 Å². The van der Waals surface area contributed by atoms with Gasteiger partial charge in [-0.2, -0.15) is 0 Å². The number of aryl methyl sites for hydroxylation is 1. The van der Waals surface area contributed by atoms with Gasteiger partial charge in [0.05, 0.1) is 5.56 Å². The molecule has 1 aliphatic carbocycles. The Morgan fingerprint density at radius 1 is 1.21 bits per heavy atom. The lowest BCUT2D eigenvalue weighted by molar-refractivity contribution is 0.00673.